The Hall–Kier alpha value is -2.43. The first-order valence-electron chi connectivity index (χ1n) is 5.36. The number of hydrogen-bond acceptors (Lipinski definition) is 3. The molecule has 0 radical (unpaired) electrons. The van der Waals surface area contributed by atoms with Gasteiger partial charge in [0.25, 0.3) is 5.91 Å². The zero-order valence-corrected chi connectivity index (χ0v) is 9.77. The lowest BCUT2D eigenvalue weighted by molar-refractivity contribution is 0.102. The fraction of sp³-hybridized carbons (Fsp3) is 0.0769. The highest BCUT2D eigenvalue weighted by Gasteiger charge is 2.12. The van der Waals surface area contributed by atoms with E-state index in [1.54, 1.807) is 25.1 Å². The molecule has 3 N–H and O–H groups in total. The van der Waals surface area contributed by atoms with Crippen molar-refractivity contribution in [3.63, 3.8) is 0 Å². The highest BCUT2D eigenvalue weighted by molar-refractivity contribution is 6.08. The van der Waals surface area contributed by atoms with E-state index in [1.165, 1.54) is 18.3 Å². The summed E-state index contributed by atoms with van der Waals surface area (Å²) in [6, 6.07) is 7.85. The second kappa shape index (κ2) is 4.83. The van der Waals surface area contributed by atoms with Crippen LogP contribution in [0.5, 0.6) is 0 Å². The summed E-state index contributed by atoms with van der Waals surface area (Å²) in [7, 11) is 0. The van der Waals surface area contributed by atoms with Crippen LogP contribution in [0.3, 0.4) is 0 Å². The average molecular weight is 245 g/mol. The highest BCUT2D eigenvalue weighted by Crippen LogP contribution is 2.18. The van der Waals surface area contributed by atoms with Crippen LogP contribution >= 0.6 is 0 Å². The molecule has 4 nitrogen and oxygen atoms in total. The van der Waals surface area contributed by atoms with Crippen LogP contribution in [0.25, 0.3) is 0 Å². The van der Waals surface area contributed by atoms with Gasteiger partial charge in [0.05, 0.1) is 17.4 Å². The van der Waals surface area contributed by atoms with Crippen LogP contribution in [0.4, 0.5) is 15.8 Å². The first-order chi connectivity index (χ1) is 8.58. The topological polar surface area (TPSA) is 68.0 Å². The monoisotopic (exact) mass is 245 g/mol. The maximum Gasteiger partial charge on any atom is 0.258 e. The van der Waals surface area contributed by atoms with E-state index in [9.17, 15) is 9.18 Å². The maximum absolute atomic E-state index is 12.6. The van der Waals surface area contributed by atoms with Crippen LogP contribution in [0.15, 0.2) is 36.5 Å². The standard InChI is InChI=1S/C13H12FN3O/c1-8-3-2-4-10(15)12(8)13(18)17-9-5-6-11(14)16-7-9/h2-7H,15H2,1H3,(H,17,18). The van der Waals surface area contributed by atoms with Gasteiger partial charge in [0.15, 0.2) is 0 Å². The zero-order valence-electron chi connectivity index (χ0n) is 9.77. The number of aryl methyl sites for hydroxylation is 1. The molecule has 1 aromatic heterocycles. The number of pyridine rings is 1. The van der Waals surface area contributed by atoms with Crippen LogP contribution in [0, 0.1) is 12.9 Å². The van der Waals surface area contributed by atoms with E-state index in [1.807, 2.05) is 0 Å². The number of nitrogen functional groups attached to an aromatic ring is 1. The van der Waals surface area contributed by atoms with Crippen molar-refractivity contribution in [2.24, 2.45) is 0 Å². The Labute approximate surface area is 104 Å². The lowest BCUT2D eigenvalue weighted by atomic mass is 10.1. The van der Waals surface area contributed by atoms with Crippen molar-refractivity contribution in [3.8, 4) is 0 Å². The fourth-order valence-corrected chi connectivity index (χ4v) is 1.64. The number of nitrogens with two attached hydrogens (primary N) is 1. The van der Waals surface area contributed by atoms with Gasteiger partial charge in [0, 0.05) is 5.69 Å². The number of rotatable bonds is 2. The summed E-state index contributed by atoms with van der Waals surface area (Å²) in [6.07, 6.45) is 1.25. The van der Waals surface area contributed by atoms with E-state index in [0.717, 1.165) is 5.56 Å². The molecule has 2 aromatic rings. The van der Waals surface area contributed by atoms with E-state index in [0.29, 0.717) is 16.9 Å². The molecule has 0 fully saturated rings. The Balaban J connectivity index is 2.25. The highest BCUT2D eigenvalue weighted by atomic mass is 19.1. The summed E-state index contributed by atoms with van der Waals surface area (Å²) in [6.45, 7) is 1.80. The Morgan fingerprint density at radius 1 is 1.33 bits per heavy atom. The van der Waals surface area contributed by atoms with Crippen LogP contribution in [0.2, 0.25) is 0 Å². The average Bonchev–Trinajstić information content (AvgIpc) is 2.32. The van der Waals surface area contributed by atoms with Crippen molar-refractivity contribution in [1.29, 1.82) is 0 Å². The molecule has 5 heteroatoms. The molecule has 0 aliphatic rings. The molecule has 0 bridgehead atoms. The summed E-state index contributed by atoms with van der Waals surface area (Å²) < 4.78 is 12.6. The van der Waals surface area contributed by atoms with Crippen molar-refractivity contribution in [3.05, 3.63) is 53.6 Å². The molecule has 0 atom stereocenters. The lowest BCUT2D eigenvalue weighted by Crippen LogP contribution is -2.15. The molecule has 0 spiro atoms. The van der Waals surface area contributed by atoms with Crippen molar-refractivity contribution >= 4 is 17.3 Å². The van der Waals surface area contributed by atoms with E-state index < -0.39 is 5.95 Å². The van der Waals surface area contributed by atoms with Gasteiger partial charge < -0.3 is 11.1 Å². The van der Waals surface area contributed by atoms with Gasteiger partial charge in [0.1, 0.15) is 0 Å². The van der Waals surface area contributed by atoms with E-state index >= 15 is 0 Å². The third kappa shape index (κ3) is 2.45. The normalized spacial score (nSPS) is 10.1. The second-order valence-corrected chi connectivity index (χ2v) is 3.86. The molecule has 0 unspecified atom stereocenters. The van der Waals surface area contributed by atoms with Crippen molar-refractivity contribution < 1.29 is 9.18 Å². The summed E-state index contributed by atoms with van der Waals surface area (Å²) >= 11 is 0. The Bertz CT molecular complexity index is 561. The Kier molecular flexibility index (Phi) is 3.23. The summed E-state index contributed by atoms with van der Waals surface area (Å²) in [4.78, 5) is 15.5. The summed E-state index contributed by atoms with van der Waals surface area (Å²) in [5, 5.41) is 2.62. The Morgan fingerprint density at radius 2 is 2.11 bits per heavy atom. The van der Waals surface area contributed by atoms with Gasteiger partial charge in [-0.2, -0.15) is 4.39 Å². The summed E-state index contributed by atoms with van der Waals surface area (Å²) in [5.74, 6) is -0.928. The van der Waals surface area contributed by atoms with E-state index in [-0.39, 0.29) is 5.91 Å². The van der Waals surface area contributed by atoms with Gasteiger partial charge in [-0.1, -0.05) is 12.1 Å². The number of hydrogen-bond donors (Lipinski definition) is 2. The minimum Gasteiger partial charge on any atom is -0.398 e. The molecule has 0 aliphatic carbocycles. The molecule has 2 rings (SSSR count). The molecular formula is C13H12FN3O. The second-order valence-electron chi connectivity index (χ2n) is 3.86. The SMILES string of the molecule is Cc1cccc(N)c1C(=O)Nc1ccc(F)nc1. The third-order valence-corrected chi connectivity index (χ3v) is 2.52. The minimum atomic E-state index is -0.594. The van der Waals surface area contributed by atoms with Gasteiger partial charge in [-0.3, -0.25) is 4.79 Å². The van der Waals surface area contributed by atoms with Gasteiger partial charge in [-0.25, -0.2) is 4.98 Å². The lowest BCUT2D eigenvalue weighted by Gasteiger charge is -2.09. The smallest absolute Gasteiger partial charge is 0.258 e. The first kappa shape index (κ1) is 12.0. The number of amides is 1. The predicted molar refractivity (Wildman–Crippen MR) is 67.7 cm³/mol. The minimum absolute atomic E-state index is 0.334. The first-order valence-corrected chi connectivity index (χ1v) is 5.36. The van der Waals surface area contributed by atoms with Gasteiger partial charge in [-0.15, -0.1) is 0 Å². The van der Waals surface area contributed by atoms with Crippen molar-refractivity contribution in [2.75, 3.05) is 11.1 Å². The molecule has 0 aliphatic heterocycles. The molecule has 1 amide bonds. The quantitative estimate of drug-likeness (QED) is 0.630. The van der Waals surface area contributed by atoms with Crippen molar-refractivity contribution in [2.45, 2.75) is 6.92 Å². The van der Waals surface area contributed by atoms with Crippen molar-refractivity contribution in [1.82, 2.24) is 4.98 Å². The molecular weight excluding hydrogens is 233 g/mol. The van der Waals surface area contributed by atoms with Crippen LogP contribution in [-0.4, -0.2) is 10.9 Å². The number of carbonyl (C=O) groups is 1. The van der Waals surface area contributed by atoms with Gasteiger partial charge in [-0.05, 0) is 30.7 Å². The molecule has 1 heterocycles. The maximum atomic E-state index is 12.6. The number of aromatic nitrogens is 1. The van der Waals surface area contributed by atoms with Gasteiger partial charge in [0.2, 0.25) is 5.95 Å². The predicted octanol–water partition coefficient (Wildman–Crippen LogP) is 2.36. The zero-order chi connectivity index (χ0) is 13.1. The number of benzene rings is 1. The molecule has 0 saturated heterocycles. The Morgan fingerprint density at radius 3 is 2.72 bits per heavy atom. The molecule has 92 valence electrons. The van der Waals surface area contributed by atoms with Gasteiger partial charge >= 0.3 is 0 Å². The van der Waals surface area contributed by atoms with E-state index in [2.05, 4.69) is 10.3 Å². The molecule has 0 saturated carbocycles. The van der Waals surface area contributed by atoms with E-state index in [4.69, 9.17) is 5.73 Å². The fourth-order valence-electron chi connectivity index (χ4n) is 1.64. The molecule has 18 heavy (non-hydrogen) atoms. The number of carbonyl (C=O) groups excluding carboxylic acids is 1. The number of halogens is 1. The largest absolute Gasteiger partial charge is 0.398 e. The van der Waals surface area contributed by atoms with Crippen LogP contribution in [-0.2, 0) is 0 Å². The molecule has 1 aromatic carbocycles. The number of nitrogens with one attached hydrogen (secondary N) is 1. The van der Waals surface area contributed by atoms with Crippen LogP contribution in [0.1, 0.15) is 15.9 Å². The number of nitrogens with zero attached hydrogens (tertiary/aromatic N) is 1. The summed E-state index contributed by atoms with van der Waals surface area (Å²) in [5.41, 5.74) is 7.79. The van der Waals surface area contributed by atoms with Crippen LogP contribution < -0.4 is 11.1 Å². The third-order valence-electron chi connectivity index (χ3n) is 2.52. The number of anilines is 2.